The number of amides is 1. The summed E-state index contributed by atoms with van der Waals surface area (Å²) in [5, 5.41) is 1.78. The summed E-state index contributed by atoms with van der Waals surface area (Å²) in [4.78, 5) is 39.8. The van der Waals surface area contributed by atoms with Gasteiger partial charge >= 0.3 is 14.1 Å². The Balaban J connectivity index is 2.09. The molecular formula is C15H14F3NO5P+. The molecule has 0 radical (unpaired) electrons. The standard InChI is InChI=1S/C15H13F3NO5P/c16-15(17,18)10-5-1-2-6-11(10)19-14(20)9-24-12-7-3-4-8-13(12)25(21,22)23/h1-8,21-23H,9H2/p+1. The average molecular weight is 376 g/mol. The smallest absolute Gasteiger partial charge is 0.444 e. The van der Waals surface area contributed by atoms with Gasteiger partial charge in [0.25, 0.3) is 5.91 Å². The number of alkyl halides is 3. The van der Waals surface area contributed by atoms with Crippen molar-refractivity contribution in [2.75, 3.05) is 11.9 Å². The molecule has 0 saturated carbocycles. The van der Waals surface area contributed by atoms with Gasteiger partial charge in [0, 0.05) is 0 Å². The molecule has 0 aliphatic heterocycles. The number of carbonyl (C=O) groups excluding carboxylic acids is 1. The molecule has 0 aliphatic rings. The van der Waals surface area contributed by atoms with Crippen molar-refractivity contribution in [3.8, 4) is 5.75 Å². The van der Waals surface area contributed by atoms with E-state index < -0.39 is 37.9 Å². The van der Waals surface area contributed by atoms with Gasteiger partial charge in [0.1, 0.15) is 0 Å². The molecule has 0 bridgehead atoms. The number of hydrogen-bond acceptors (Lipinski definition) is 5. The third kappa shape index (κ3) is 5.14. The van der Waals surface area contributed by atoms with Crippen molar-refractivity contribution in [1.29, 1.82) is 0 Å². The maximum atomic E-state index is 12.9. The first kappa shape index (κ1) is 19.1. The normalized spacial score (nSPS) is 11.9. The zero-order chi connectivity index (χ0) is 18.7. The topological polar surface area (TPSA) is 99.0 Å². The fourth-order valence-electron chi connectivity index (χ4n) is 2.00. The highest BCUT2D eigenvalue weighted by Gasteiger charge is 2.38. The number of carbonyl (C=O) groups is 1. The quantitative estimate of drug-likeness (QED) is 0.599. The Morgan fingerprint density at radius 2 is 1.64 bits per heavy atom. The number of para-hydroxylation sites is 2. The van der Waals surface area contributed by atoms with E-state index in [1.54, 1.807) is 0 Å². The Labute approximate surface area is 141 Å². The highest BCUT2D eigenvalue weighted by atomic mass is 31.2. The number of nitrogens with one attached hydrogen (secondary N) is 1. The van der Waals surface area contributed by atoms with Crippen LogP contribution < -0.4 is 15.4 Å². The van der Waals surface area contributed by atoms with Crippen LogP contribution in [0.1, 0.15) is 5.56 Å². The number of hydrogen-bond donors (Lipinski definition) is 4. The van der Waals surface area contributed by atoms with Gasteiger partial charge in [-0.2, -0.15) is 27.9 Å². The van der Waals surface area contributed by atoms with Crippen molar-refractivity contribution in [3.63, 3.8) is 0 Å². The van der Waals surface area contributed by atoms with Crippen molar-refractivity contribution < 1.29 is 37.4 Å². The third-order valence-corrected chi connectivity index (χ3v) is 4.07. The molecule has 0 fully saturated rings. The van der Waals surface area contributed by atoms with Crippen molar-refractivity contribution in [1.82, 2.24) is 0 Å². The molecule has 0 atom stereocenters. The number of benzene rings is 2. The van der Waals surface area contributed by atoms with Gasteiger partial charge in [-0.1, -0.05) is 24.3 Å². The van der Waals surface area contributed by atoms with Crippen LogP contribution in [0.4, 0.5) is 18.9 Å². The molecule has 0 saturated heterocycles. The van der Waals surface area contributed by atoms with Crippen LogP contribution >= 0.6 is 7.94 Å². The molecule has 1 amide bonds. The molecule has 10 heteroatoms. The number of rotatable bonds is 5. The van der Waals surface area contributed by atoms with Crippen molar-refractivity contribution in [3.05, 3.63) is 54.1 Å². The van der Waals surface area contributed by atoms with E-state index in [2.05, 4.69) is 5.32 Å². The third-order valence-electron chi connectivity index (χ3n) is 3.05. The van der Waals surface area contributed by atoms with Crippen LogP contribution in [0.2, 0.25) is 0 Å². The zero-order valence-electron chi connectivity index (χ0n) is 12.6. The first-order chi connectivity index (χ1) is 11.6. The Hall–Kier alpha value is -2.19. The summed E-state index contributed by atoms with van der Waals surface area (Å²) >= 11 is 0. The van der Waals surface area contributed by atoms with Gasteiger partial charge in [-0.3, -0.25) is 4.79 Å². The first-order valence-electron chi connectivity index (χ1n) is 6.85. The summed E-state index contributed by atoms with van der Waals surface area (Å²) in [6, 6.07) is 9.81. The molecule has 25 heavy (non-hydrogen) atoms. The fourth-order valence-corrected chi connectivity index (χ4v) is 2.72. The zero-order valence-corrected chi connectivity index (χ0v) is 13.5. The Morgan fingerprint density at radius 3 is 2.28 bits per heavy atom. The highest BCUT2D eigenvalue weighted by Crippen LogP contribution is 2.45. The van der Waals surface area contributed by atoms with E-state index in [9.17, 15) is 32.6 Å². The van der Waals surface area contributed by atoms with Gasteiger partial charge in [-0.05, 0) is 24.3 Å². The van der Waals surface area contributed by atoms with Crippen LogP contribution in [0.15, 0.2) is 48.5 Å². The van der Waals surface area contributed by atoms with Crippen LogP contribution in [0.3, 0.4) is 0 Å². The average Bonchev–Trinajstić information content (AvgIpc) is 2.52. The van der Waals surface area contributed by atoms with Gasteiger partial charge in [0.05, 0.1) is 11.3 Å². The number of anilines is 1. The van der Waals surface area contributed by atoms with Crippen LogP contribution in [-0.4, -0.2) is 27.2 Å². The molecule has 0 aromatic heterocycles. The summed E-state index contributed by atoms with van der Waals surface area (Å²) in [7, 11) is -4.37. The van der Waals surface area contributed by atoms with Gasteiger partial charge < -0.3 is 10.1 Å². The van der Waals surface area contributed by atoms with Crippen molar-refractivity contribution in [2.24, 2.45) is 0 Å². The van der Waals surface area contributed by atoms with E-state index in [-0.39, 0.29) is 11.1 Å². The minimum Gasteiger partial charge on any atom is -0.479 e. The molecule has 0 unspecified atom stereocenters. The first-order valence-corrected chi connectivity index (χ1v) is 8.49. The van der Waals surface area contributed by atoms with Crippen LogP contribution in [0.5, 0.6) is 5.75 Å². The summed E-state index contributed by atoms with van der Waals surface area (Å²) in [6.45, 7) is -0.691. The lowest BCUT2D eigenvalue weighted by Gasteiger charge is -2.14. The van der Waals surface area contributed by atoms with Crippen LogP contribution in [0.25, 0.3) is 0 Å². The minimum atomic E-state index is -4.63. The number of halogens is 3. The number of ether oxygens (including phenoxy) is 1. The van der Waals surface area contributed by atoms with Crippen LogP contribution in [-0.2, 0) is 11.0 Å². The van der Waals surface area contributed by atoms with Gasteiger partial charge in [-0.15, -0.1) is 0 Å². The monoisotopic (exact) mass is 376 g/mol. The van der Waals surface area contributed by atoms with E-state index in [0.29, 0.717) is 0 Å². The van der Waals surface area contributed by atoms with E-state index in [1.807, 2.05) is 0 Å². The second kappa shape index (κ2) is 7.37. The van der Waals surface area contributed by atoms with Gasteiger partial charge in [0.15, 0.2) is 12.4 Å². The Morgan fingerprint density at radius 1 is 1.04 bits per heavy atom. The molecule has 4 N–H and O–H groups in total. The Kier molecular flexibility index (Phi) is 5.64. The second-order valence-electron chi connectivity index (χ2n) is 4.92. The molecular weight excluding hydrogens is 362 g/mol. The molecule has 6 nitrogen and oxygen atoms in total. The van der Waals surface area contributed by atoms with E-state index >= 15 is 0 Å². The summed E-state index contributed by atoms with van der Waals surface area (Å²) < 4.78 is 43.7. The lowest BCUT2D eigenvalue weighted by atomic mass is 10.1. The van der Waals surface area contributed by atoms with E-state index in [0.717, 1.165) is 12.1 Å². The second-order valence-corrected chi connectivity index (χ2v) is 6.53. The van der Waals surface area contributed by atoms with Crippen LogP contribution in [0, 0.1) is 0 Å². The fraction of sp³-hybridized carbons (Fsp3) is 0.133. The summed E-state index contributed by atoms with van der Waals surface area (Å²) in [5.74, 6) is -1.05. The predicted octanol–water partition coefficient (Wildman–Crippen LogP) is 2.09. The predicted molar refractivity (Wildman–Crippen MR) is 85.2 cm³/mol. The lowest BCUT2D eigenvalue weighted by Crippen LogP contribution is -2.24. The summed E-state index contributed by atoms with van der Waals surface area (Å²) in [6.07, 6.45) is -4.63. The minimum absolute atomic E-state index is 0.164. The SMILES string of the molecule is O=C(COc1ccccc1[P+](O)(O)O)Nc1ccccc1C(F)(F)F. The summed E-state index contributed by atoms with van der Waals surface area (Å²) in [5.41, 5.74) is -1.43. The molecule has 2 rings (SSSR count). The molecule has 0 aliphatic carbocycles. The molecule has 134 valence electrons. The van der Waals surface area contributed by atoms with Crippen molar-refractivity contribution >= 4 is 24.8 Å². The highest BCUT2D eigenvalue weighted by molar-refractivity contribution is 7.67. The van der Waals surface area contributed by atoms with E-state index in [1.165, 1.54) is 36.4 Å². The molecule has 2 aromatic rings. The maximum Gasteiger partial charge on any atom is 0.444 e. The lowest BCUT2D eigenvalue weighted by molar-refractivity contribution is -0.137. The van der Waals surface area contributed by atoms with Crippen molar-refractivity contribution in [2.45, 2.75) is 6.18 Å². The van der Waals surface area contributed by atoms with Gasteiger partial charge in [-0.25, -0.2) is 0 Å². The Bertz CT molecular complexity index is 761. The van der Waals surface area contributed by atoms with E-state index in [4.69, 9.17) is 4.74 Å². The molecule has 2 aromatic carbocycles. The largest absolute Gasteiger partial charge is 0.479 e. The van der Waals surface area contributed by atoms with Gasteiger partial charge in [0.2, 0.25) is 5.30 Å². The maximum absolute atomic E-state index is 12.9. The molecule has 0 spiro atoms. The molecule has 0 heterocycles.